The van der Waals surface area contributed by atoms with Gasteiger partial charge in [-0.05, 0) is 19.1 Å². The van der Waals surface area contributed by atoms with E-state index in [9.17, 15) is 4.79 Å². The van der Waals surface area contributed by atoms with Gasteiger partial charge in [-0.1, -0.05) is 0 Å². The minimum Gasteiger partial charge on any atom is -0.497 e. The zero-order valence-electron chi connectivity index (χ0n) is 18.8. The molecule has 2 aliphatic heterocycles. The Labute approximate surface area is 188 Å². The summed E-state index contributed by atoms with van der Waals surface area (Å²) >= 11 is 0. The molecule has 2 amide bonds. The number of ether oxygens (including phenoxy) is 3. The van der Waals surface area contributed by atoms with Crippen molar-refractivity contribution < 1.29 is 19.0 Å². The van der Waals surface area contributed by atoms with Crippen LogP contribution in [0.1, 0.15) is 5.82 Å². The van der Waals surface area contributed by atoms with E-state index in [1.165, 1.54) is 0 Å². The molecule has 2 fully saturated rings. The first kappa shape index (κ1) is 21.9. The summed E-state index contributed by atoms with van der Waals surface area (Å²) in [4.78, 5) is 28.3. The maximum Gasteiger partial charge on any atom is 0.322 e. The number of piperazine rings is 1. The Bertz CT molecular complexity index is 942. The summed E-state index contributed by atoms with van der Waals surface area (Å²) in [5.74, 6) is 3.81. The first-order valence-corrected chi connectivity index (χ1v) is 10.8. The molecule has 0 saturated carbocycles. The number of hydrogen-bond donors (Lipinski definition) is 1. The first-order valence-electron chi connectivity index (χ1n) is 10.8. The molecule has 172 valence electrons. The smallest absolute Gasteiger partial charge is 0.322 e. The third kappa shape index (κ3) is 4.96. The van der Waals surface area contributed by atoms with Gasteiger partial charge in [-0.25, -0.2) is 14.8 Å². The fourth-order valence-corrected chi connectivity index (χ4v) is 3.90. The highest BCUT2D eigenvalue weighted by Gasteiger charge is 2.24. The van der Waals surface area contributed by atoms with Crippen LogP contribution in [0.4, 0.5) is 22.1 Å². The van der Waals surface area contributed by atoms with Gasteiger partial charge in [0.15, 0.2) is 0 Å². The number of carbonyl (C=O) groups excluding carboxylic acids is 1. The average Bonchev–Trinajstić information content (AvgIpc) is 2.84. The van der Waals surface area contributed by atoms with E-state index in [0.29, 0.717) is 56.6 Å². The van der Waals surface area contributed by atoms with Crippen molar-refractivity contribution in [1.29, 1.82) is 0 Å². The van der Waals surface area contributed by atoms with Crippen molar-refractivity contribution in [3.63, 3.8) is 0 Å². The minimum atomic E-state index is -0.163. The SMILES string of the molecule is COc1ccc(OC)c(NC(=O)N2CCN(c3cc(N4CCOCC4)nc(C)n3)CC2)c1. The van der Waals surface area contributed by atoms with E-state index in [0.717, 1.165) is 30.5 Å². The molecule has 2 aromatic rings. The second-order valence-corrected chi connectivity index (χ2v) is 7.70. The molecular formula is C22H30N6O4. The fourth-order valence-electron chi connectivity index (χ4n) is 3.90. The largest absolute Gasteiger partial charge is 0.497 e. The van der Waals surface area contributed by atoms with Crippen LogP contribution in [0.2, 0.25) is 0 Å². The summed E-state index contributed by atoms with van der Waals surface area (Å²) in [5.41, 5.74) is 0.584. The van der Waals surface area contributed by atoms with E-state index >= 15 is 0 Å². The second-order valence-electron chi connectivity index (χ2n) is 7.70. The average molecular weight is 443 g/mol. The van der Waals surface area contributed by atoms with Gasteiger partial charge in [0.2, 0.25) is 0 Å². The fraction of sp³-hybridized carbons (Fsp3) is 0.500. The van der Waals surface area contributed by atoms with Crippen LogP contribution in [-0.4, -0.2) is 87.6 Å². The Morgan fingerprint density at radius 1 is 0.938 bits per heavy atom. The van der Waals surface area contributed by atoms with Crippen LogP contribution in [-0.2, 0) is 4.74 Å². The molecule has 0 spiro atoms. The van der Waals surface area contributed by atoms with E-state index in [2.05, 4.69) is 25.1 Å². The number of urea groups is 1. The maximum atomic E-state index is 12.8. The van der Waals surface area contributed by atoms with Gasteiger partial charge < -0.3 is 34.2 Å². The molecule has 1 N–H and O–H groups in total. The molecule has 32 heavy (non-hydrogen) atoms. The number of morpholine rings is 1. The van der Waals surface area contributed by atoms with Crippen molar-refractivity contribution in [1.82, 2.24) is 14.9 Å². The Balaban J connectivity index is 1.39. The Hall–Kier alpha value is -3.27. The molecular weight excluding hydrogens is 412 g/mol. The zero-order chi connectivity index (χ0) is 22.5. The van der Waals surface area contributed by atoms with Gasteiger partial charge in [0.25, 0.3) is 0 Å². The molecule has 3 heterocycles. The highest BCUT2D eigenvalue weighted by atomic mass is 16.5. The molecule has 0 bridgehead atoms. The van der Waals surface area contributed by atoms with Crippen molar-refractivity contribution in [2.75, 3.05) is 81.8 Å². The lowest BCUT2D eigenvalue weighted by Gasteiger charge is -2.36. The lowest BCUT2D eigenvalue weighted by molar-refractivity contribution is 0.122. The first-order chi connectivity index (χ1) is 15.6. The summed E-state index contributed by atoms with van der Waals surface area (Å²) in [6, 6.07) is 7.20. The lowest BCUT2D eigenvalue weighted by atomic mass is 10.2. The monoisotopic (exact) mass is 442 g/mol. The molecule has 0 aliphatic carbocycles. The number of hydrogen-bond acceptors (Lipinski definition) is 8. The number of carbonyl (C=O) groups is 1. The number of anilines is 3. The molecule has 0 unspecified atom stereocenters. The maximum absolute atomic E-state index is 12.8. The summed E-state index contributed by atoms with van der Waals surface area (Å²) in [5, 5.41) is 2.94. The third-order valence-electron chi connectivity index (χ3n) is 5.69. The predicted molar refractivity (Wildman–Crippen MR) is 122 cm³/mol. The molecule has 10 heteroatoms. The van der Waals surface area contributed by atoms with E-state index in [4.69, 9.17) is 14.2 Å². The van der Waals surface area contributed by atoms with E-state index in [-0.39, 0.29) is 6.03 Å². The summed E-state index contributed by atoms with van der Waals surface area (Å²) in [6.45, 7) is 7.58. The predicted octanol–water partition coefficient (Wildman–Crippen LogP) is 1.99. The number of aryl methyl sites for hydroxylation is 1. The standard InChI is InChI=1S/C22H30N6O4/c1-16-23-20(15-21(24-16)27-10-12-32-13-11-27)26-6-8-28(9-7-26)22(29)25-18-14-17(30-2)4-5-19(18)31-3/h4-5,14-15H,6-13H2,1-3H3,(H,25,29). The molecule has 0 radical (unpaired) electrons. The van der Waals surface area contributed by atoms with Crippen molar-refractivity contribution in [3.8, 4) is 11.5 Å². The van der Waals surface area contributed by atoms with Crippen molar-refractivity contribution in [3.05, 3.63) is 30.1 Å². The normalized spacial score (nSPS) is 16.7. The molecule has 4 rings (SSSR count). The van der Waals surface area contributed by atoms with Crippen LogP contribution in [0.5, 0.6) is 11.5 Å². The Morgan fingerprint density at radius 3 is 2.22 bits per heavy atom. The number of methoxy groups -OCH3 is 2. The number of aromatic nitrogens is 2. The highest BCUT2D eigenvalue weighted by Crippen LogP contribution is 2.29. The van der Waals surface area contributed by atoms with E-state index in [1.807, 2.05) is 13.0 Å². The van der Waals surface area contributed by atoms with Gasteiger partial charge in [-0.3, -0.25) is 0 Å². The molecule has 10 nitrogen and oxygen atoms in total. The van der Waals surface area contributed by atoms with Crippen LogP contribution in [0.3, 0.4) is 0 Å². The quantitative estimate of drug-likeness (QED) is 0.752. The third-order valence-corrected chi connectivity index (χ3v) is 5.69. The molecule has 1 aromatic carbocycles. The topological polar surface area (TPSA) is 92.3 Å². The molecule has 0 atom stereocenters. The van der Waals surface area contributed by atoms with Crippen LogP contribution < -0.4 is 24.6 Å². The van der Waals surface area contributed by atoms with E-state index in [1.54, 1.807) is 37.3 Å². The number of rotatable bonds is 5. The van der Waals surface area contributed by atoms with Crippen LogP contribution in [0.15, 0.2) is 24.3 Å². The number of nitrogens with zero attached hydrogens (tertiary/aromatic N) is 5. The number of nitrogens with one attached hydrogen (secondary N) is 1. The van der Waals surface area contributed by atoms with Gasteiger partial charge in [-0.2, -0.15) is 0 Å². The number of benzene rings is 1. The van der Waals surface area contributed by atoms with Crippen molar-refractivity contribution in [2.45, 2.75) is 6.92 Å². The van der Waals surface area contributed by atoms with Gasteiger partial charge in [0.05, 0.1) is 33.1 Å². The van der Waals surface area contributed by atoms with Crippen LogP contribution >= 0.6 is 0 Å². The minimum absolute atomic E-state index is 0.163. The highest BCUT2D eigenvalue weighted by molar-refractivity contribution is 5.91. The van der Waals surface area contributed by atoms with Gasteiger partial charge >= 0.3 is 6.03 Å². The van der Waals surface area contributed by atoms with Gasteiger partial charge in [0, 0.05) is 51.4 Å². The van der Waals surface area contributed by atoms with Crippen LogP contribution in [0.25, 0.3) is 0 Å². The summed E-state index contributed by atoms with van der Waals surface area (Å²) in [7, 11) is 3.16. The Morgan fingerprint density at radius 2 is 1.59 bits per heavy atom. The van der Waals surface area contributed by atoms with E-state index < -0.39 is 0 Å². The molecule has 2 aliphatic rings. The summed E-state index contributed by atoms with van der Waals surface area (Å²) in [6.07, 6.45) is 0. The number of amides is 2. The summed E-state index contributed by atoms with van der Waals surface area (Å²) < 4.78 is 16.1. The lowest BCUT2D eigenvalue weighted by Crippen LogP contribution is -2.50. The zero-order valence-corrected chi connectivity index (χ0v) is 18.8. The Kier molecular flexibility index (Phi) is 6.79. The molecule has 1 aromatic heterocycles. The second kappa shape index (κ2) is 9.90. The van der Waals surface area contributed by atoms with Gasteiger partial charge in [-0.15, -0.1) is 0 Å². The van der Waals surface area contributed by atoms with Crippen LogP contribution in [0, 0.1) is 6.92 Å². The molecule has 2 saturated heterocycles. The van der Waals surface area contributed by atoms with Gasteiger partial charge in [0.1, 0.15) is 29.0 Å². The van der Waals surface area contributed by atoms with Crippen molar-refractivity contribution in [2.24, 2.45) is 0 Å². The van der Waals surface area contributed by atoms with Crippen molar-refractivity contribution >= 4 is 23.4 Å².